The number of nitrogens with one attached hydrogen (secondary N) is 1. The van der Waals surface area contributed by atoms with Crippen LogP contribution < -0.4 is 9.62 Å². The molecule has 9 heteroatoms. The van der Waals surface area contributed by atoms with Gasteiger partial charge in [0.2, 0.25) is 0 Å². The third-order valence-electron chi connectivity index (χ3n) is 4.00. The SMILES string of the molecule is COCC(=O)N1CCc2ccc(NS(=O)(=O)c3ccc(F)c(Cl)c3)cc21. The van der Waals surface area contributed by atoms with Crippen molar-refractivity contribution in [3.63, 3.8) is 0 Å². The number of anilines is 2. The average Bonchev–Trinajstić information content (AvgIpc) is 3.00. The maximum atomic E-state index is 13.3. The van der Waals surface area contributed by atoms with Crippen molar-refractivity contribution in [2.45, 2.75) is 11.3 Å². The number of methoxy groups -OCH3 is 1. The molecule has 0 aliphatic carbocycles. The summed E-state index contributed by atoms with van der Waals surface area (Å²) in [6.07, 6.45) is 0.686. The third kappa shape index (κ3) is 3.67. The van der Waals surface area contributed by atoms with E-state index in [0.29, 0.717) is 24.3 Å². The fraction of sp³-hybridized carbons (Fsp3) is 0.235. The number of benzene rings is 2. The van der Waals surface area contributed by atoms with Gasteiger partial charge in [0, 0.05) is 19.3 Å². The molecule has 0 atom stereocenters. The van der Waals surface area contributed by atoms with Crippen LogP contribution in [0.3, 0.4) is 0 Å². The summed E-state index contributed by atoms with van der Waals surface area (Å²) in [6, 6.07) is 8.15. The Hall–Kier alpha value is -2.16. The molecule has 0 bridgehead atoms. The van der Waals surface area contributed by atoms with Gasteiger partial charge in [-0.3, -0.25) is 9.52 Å². The predicted octanol–water partition coefficient (Wildman–Crippen LogP) is 2.82. The molecule has 2 aromatic carbocycles. The normalized spacial score (nSPS) is 13.6. The lowest BCUT2D eigenvalue weighted by Crippen LogP contribution is -2.32. The zero-order chi connectivity index (χ0) is 18.9. The van der Waals surface area contributed by atoms with Crippen LogP contribution in [0.1, 0.15) is 5.56 Å². The molecule has 1 heterocycles. The summed E-state index contributed by atoms with van der Waals surface area (Å²) >= 11 is 5.66. The first-order valence-electron chi connectivity index (χ1n) is 7.72. The van der Waals surface area contributed by atoms with Crippen molar-refractivity contribution in [1.29, 1.82) is 0 Å². The summed E-state index contributed by atoms with van der Waals surface area (Å²) in [6.45, 7) is 0.463. The molecule has 0 aromatic heterocycles. The van der Waals surface area contributed by atoms with Crippen LogP contribution in [-0.2, 0) is 26.0 Å². The van der Waals surface area contributed by atoms with Crippen molar-refractivity contribution in [2.24, 2.45) is 0 Å². The molecular formula is C17H16ClFN2O4S. The fourth-order valence-corrected chi connectivity index (χ4v) is 4.08. The van der Waals surface area contributed by atoms with Crippen LogP contribution in [0, 0.1) is 5.82 Å². The fourth-order valence-electron chi connectivity index (χ4n) is 2.76. The van der Waals surface area contributed by atoms with Crippen molar-refractivity contribution < 1.29 is 22.3 Å². The largest absolute Gasteiger partial charge is 0.375 e. The Morgan fingerprint density at radius 2 is 2.08 bits per heavy atom. The second-order valence-corrected chi connectivity index (χ2v) is 7.84. The lowest BCUT2D eigenvalue weighted by atomic mass is 10.1. The molecule has 2 aromatic rings. The molecule has 1 aliphatic heterocycles. The Morgan fingerprint density at radius 1 is 1.31 bits per heavy atom. The number of carbonyl (C=O) groups is 1. The molecule has 0 unspecified atom stereocenters. The highest BCUT2D eigenvalue weighted by Crippen LogP contribution is 2.32. The number of rotatable bonds is 5. The second-order valence-electron chi connectivity index (χ2n) is 5.75. The molecule has 0 saturated carbocycles. The van der Waals surface area contributed by atoms with Gasteiger partial charge in [-0.15, -0.1) is 0 Å². The van der Waals surface area contributed by atoms with Crippen LogP contribution in [-0.4, -0.2) is 34.6 Å². The van der Waals surface area contributed by atoms with E-state index in [4.69, 9.17) is 16.3 Å². The van der Waals surface area contributed by atoms with Gasteiger partial charge in [-0.1, -0.05) is 17.7 Å². The first kappa shape index (κ1) is 18.6. The molecule has 0 spiro atoms. The standard InChI is InChI=1S/C17H16ClFN2O4S/c1-25-10-17(22)21-7-6-11-2-3-12(8-16(11)21)20-26(23,24)13-4-5-15(19)14(18)9-13/h2-5,8-9,20H,6-7,10H2,1H3. The van der Waals surface area contributed by atoms with Crippen molar-refractivity contribution >= 4 is 38.9 Å². The van der Waals surface area contributed by atoms with Gasteiger partial charge in [-0.25, -0.2) is 12.8 Å². The summed E-state index contributed by atoms with van der Waals surface area (Å²) in [4.78, 5) is 13.5. The van der Waals surface area contributed by atoms with Crippen LogP contribution in [0.15, 0.2) is 41.3 Å². The number of nitrogens with zero attached hydrogens (tertiary/aromatic N) is 1. The molecule has 1 amide bonds. The highest BCUT2D eigenvalue weighted by molar-refractivity contribution is 7.92. The van der Waals surface area contributed by atoms with Gasteiger partial charge in [-0.2, -0.15) is 0 Å². The Bertz CT molecular complexity index is 965. The lowest BCUT2D eigenvalue weighted by Gasteiger charge is -2.18. The van der Waals surface area contributed by atoms with Gasteiger partial charge in [-0.05, 0) is 42.3 Å². The van der Waals surface area contributed by atoms with Crippen LogP contribution in [0.2, 0.25) is 5.02 Å². The minimum atomic E-state index is -3.95. The summed E-state index contributed by atoms with van der Waals surface area (Å²) in [5, 5.41) is -0.279. The molecule has 3 rings (SSSR count). The van der Waals surface area contributed by atoms with Crippen LogP contribution >= 0.6 is 11.6 Å². The molecule has 1 N–H and O–H groups in total. The van der Waals surface area contributed by atoms with Crippen molar-refractivity contribution in [2.75, 3.05) is 29.9 Å². The summed E-state index contributed by atoms with van der Waals surface area (Å²) in [5.41, 5.74) is 1.88. The number of ether oxygens (including phenoxy) is 1. The number of sulfonamides is 1. The zero-order valence-corrected chi connectivity index (χ0v) is 15.4. The number of fused-ring (bicyclic) bond motifs is 1. The minimum absolute atomic E-state index is 0.0521. The van der Waals surface area contributed by atoms with E-state index in [1.165, 1.54) is 7.11 Å². The van der Waals surface area contributed by atoms with E-state index in [9.17, 15) is 17.6 Å². The molecule has 0 radical (unpaired) electrons. The van der Waals surface area contributed by atoms with E-state index in [-0.39, 0.29) is 22.4 Å². The molecule has 26 heavy (non-hydrogen) atoms. The van der Waals surface area contributed by atoms with Gasteiger partial charge < -0.3 is 9.64 Å². The van der Waals surface area contributed by atoms with Crippen molar-refractivity contribution in [3.8, 4) is 0 Å². The highest BCUT2D eigenvalue weighted by Gasteiger charge is 2.25. The molecule has 1 aliphatic rings. The number of halogens is 2. The minimum Gasteiger partial charge on any atom is -0.375 e. The average molecular weight is 399 g/mol. The van der Waals surface area contributed by atoms with E-state index >= 15 is 0 Å². The summed E-state index contributed by atoms with van der Waals surface area (Å²) < 4.78 is 45.5. The Kier molecular flexibility index (Phi) is 5.17. The van der Waals surface area contributed by atoms with Gasteiger partial charge >= 0.3 is 0 Å². The van der Waals surface area contributed by atoms with Crippen molar-refractivity contribution in [1.82, 2.24) is 0 Å². The monoisotopic (exact) mass is 398 g/mol. The quantitative estimate of drug-likeness (QED) is 0.840. The van der Waals surface area contributed by atoms with E-state index < -0.39 is 15.8 Å². The van der Waals surface area contributed by atoms with Gasteiger partial charge in [0.05, 0.1) is 15.6 Å². The number of hydrogen-bond donors (Lipinski definition) is 1. The van der Waals surface area contributed by atoms with Crippen LogP contribution in [0.4, 0.5) is 15.8 Å². The van der Waals surface area contributed by atoms with Gasteiger partial charge in [0.25, 0.3) is 15.9 Å². The van der Waals surface area contributed by atoms with Crippen molar-refractivity contribution in [3.05, 3.63) is 52.8 Å². The maximum absolute atomic E-state index is 13.3. The van der Waals surface area contributed by atoms with E-state index in [0.717, 1.165) is 23.8 Å². The lowest BCUT2D eigenvalue weighted by molar-refractivity contribution is -0.122. The van der Waals surface area contributed by atoms with Crippen LogP contribution in [0.25, 0.3) is 0 Å². The second kappa shape index (κ2) is 7.22. The smallest absolute Gasteiger partial charge is 0.261 e. The van der Waals surface area contributed by atoms with E-state index in [1.807, 2.05) is 0 Å². The highest BCUT2D eigenvalue weighted by atomic mass is 35.5. The molecule has 0 saturated heterocycles. The molecule has 0 fully saturated rings. The maximum Gasteiger partial charge on any atom is 0.261 e. The predicted molar refractivity (Wildman–Crippen MR) is 96.6 cm³/mol. The van der Waals surface area contributed by atoms with E-state index in [1.54, 1.807) is 23.1 Å². The Balaban J connectivity index is 1.88. The first-order chi connectivity index (χ1) is 12.3. The summed E-state index contributed by atoms with van der Waals surface area (Å²) in [7, 11) is -2.51. The van der Waals surface area contributed by atoms with E-state index in [2.05, 4.69) is 4.72 Å². The first-order valence-corrected chi connectivity index (χ1v) is 9.58. The third-order valence-corrected chi connectivity index (χ3v) is 5.67. The number of hydrogen-bond acceptors (Lipinski definition) is 4. The van der Waals surface area contributed by atoms with Gasteiger partial charge in [0.1, 0.15) is 12.4 Å². The van der Waals surface area contributed by atoms with Gasteiger partial charge in [0.15, 0.2) is 0 Å². The van der Waals surface area contributed by atoms with Crippen LogP contribution in [0.5, 0.6) is 0 Å². The Labute approximate surface area is 155 Å². The topological polar surface area (TPSA) is 75.7 Å². The zero-order valence-electron chi connectivity index (χ0n) is 13.8. The molecule has 138 valence electrons. The molecule has 6 nitrogen and oxygen atoms in total. The summed E-state index contributed by atoms with van der Waals surface area (Å²) in [5.74, 6) is -0.896. The Morgan fingerprint density at radius 3 is 2.77 bits per heavy atom. The molecular weight excluding hydrogens is 383 g/mol. The number of amides is 1. The number of carbonyl (C=O) groups excluding carboxylic acids is 1.